The van der Waals surface area contributed by atoms with E-state index in [9.17, 15) is 9.59 Å². The summed E-state index contributed by atoms with van der Waals surface area (Å²) in [4.78, 5) is 24.3. The Morgan fingerprint density at radius 2 is 2.16 bits per heavy atom. The second kappa shape index (κ2) is 5.73. The second-order valence-electron chi connectivity index (χ2n) is 6.13. The summed E-state index contributed by atoms with van der Waals surface area (Å²) in [6.45, 7) is 6.50. The Labute approximate surface area is 119 Å². The average molecular weight is 284 g/mol. The van der Waals surface area contributed by atoms with Crippen LogP contribution in [0.25, 0.3) is 0 Å². The number of carbonyl (C=O) groups is 2. The molecule has 2 rings (SSSR count). The first-order valence-electron chi connectivity index (χ1n) is 7.22. The third kappa shape index (κ3) is 3.25. The van der Waals surface area contributed by atoms with Crippen molar-refractivity contribution in [2.24, 2.45) is 5.92 Å². The van der Waals surface area contributed by atoms with E-state index in [0.717, 1.165) is 31.4 Å². The first-order valence-corrected chi connectivity index (χ1v) is 8.20. The van der Waals surface area contributed by atoms with Gasteiger partial charge in [0.25, 0.3) is 11.8 Å². The summed E-state index contributed by atoms with van der Waals surface area (Å²) in [7, 11) is 0. The maximum atomic E-state index is 12.4. The van der Waals surface area contributed by atoms with Crippen LogP contribution in [0.2, 0.25) is 0 Å². The van der Waals surface area contributed by atoms with E-state index in [2.05, 4.69) is 26.2 Å². The van der Waals surface area contributed by atoms with Crippen molar-refractivity contribution in [2.75, 3.05) is 5.75 Å². The summed E-state index contributed by atoms with van der Waals surface area (Å²) >= 11 is 1.95. The molecule has 5 heteroatoms. The highest BCUT2D eigenvalue weighted by Gasteiger charge is 2.44. The van der Waals surface area contributed by atoms with Crippen LogP contribution in [0, 0.1) is 5.92 Å². The van der Waals surface area contributed by atoms with Crippen LogP contribution in [-0.4, -0.2) is 33.4 Å². The van der Waals surface area contributed by atoms with E-state index in [1.54, 1.807) is 5.01 Å². The molecule has 0 spiro atoms. The minimum absolute atomic E-state index is 0.00819. The normalized spacial score (nSPS) is 30.6. The van der Waals surface area contributed by atoms with Gasteiger partial charge in [0.1, 0.15) is 5.92 Å². The van der Waals surface area contributed by atoms with Crippen molar-refractivity contribution < 1.29 is 9.59 Å². The molecule has 2 saturated heterocycles. The van der Waals surface area contributed by atoms with Gasteiger partial charge in [-0.05, 0) is 25.0 Å². The third-order valence-corrected chi connectivity index (χ3v) is 5.35. The molecule has 1 N–H and O–H groups in total. The van der Waals surface area contributed by atoms with Gasteiger partial charge < -0.3 is 0 Å². The molecule has 0 aromatic heterocycles. The van der Waals surface area contributed by atoms with Gasteiger partial charge in [-0.3, -0.25) is 20.0 Å². The molecule has 0 saturated carbocycles. The van der Waals surface area contributed by atoms with E-state index in [4.69, 9.17) is 0 Å². The number of hydrogen-bond acceptors (Lipinski definition) is 3. The van der Waals surface area contributed by atoms with Gasteiger partial charge in [0.2, 0.25) is 0 Å². The molecule has 2 aliphatic heterocycles. The molecule has 2 aliphatic rings. The zero-order valence-corrected chi connectivity index (χ0v) is 12.9. The molecule has 0 aliphatic carbocycles. The van der Waals surface area contributed by atoms with E-state index in [1.807, 2.05) is 11.8 Å². The number of nitrogens with one attached hydrogen (secondary N) is 1. The van der Waals surface area contributed by atoms with Crippen molar-refractivity contribution in [3.63, 3.8) is 0 Å². The van der Waals surface area contributed by atoms with Crippen molar-refractivity contribution in [2.45, 2.75) is 63.7 Å². The van der Waals surface area contributed by atoms with Gasteiger partial charge in [-0.1, -0.05) is 33.6 Å². The molecule has 0 aromatic carbocycles. The molecule has 108 valence electrons. The van der Waals surface area contributed by atoms with Crippen molar-refractivity contribution in [1.82, 2.24) is 10.4 Å². The molecule has 2 atom stereocenters. The van der Waals surface area contributed by atoms with Crippen LogP contribution in [0.3, 0.4) is 0 Å². The van der Waals surface area contributed by atoms with Crippen LogP contribution in [0.5, 0.6) is 0 Å². The number of carbonyl (C=O) groups excluding carboxylic acids is 2. The van der Waals surface area contributed by atoms with Gasteiger partial charge >= 0.3 is 0 Å². The number of hydrogen-bond donors (Lipinski definition) is 1. The molecule has 0 bridgehead atoms. The summed E-state index contributed by atoms with van der Waals surface area (Å²) in [5, 5.41) is 1.63. The van der Waals surface area contributed by atoms with Gasteiger partial charge in [0.15, 0.2) is 0 Å². The Bertz CT molecular complexity index is 370. The van der Waals surface area contributed by atoms with Crippen LogP contribution >= 0.6 is 11.8 Å². The van der Waals surface area contributed by atoms with E-state index in [0.29, 0.717) is 6.42 Å². The molecule has 2 fully saturated rings. The van der Waals surface area contributed by atoms with Crippen molar-refractivity contribution in [3.8, 4) is 0 Å². The Hall–Kier alpha value is -0.710. The standard InChI is InChI=1S/C14H24N2O2S/c1-4-5-6-11-12(17)15-16(13(11)18)10-7-8-19-14(2,3)9-10/h10-11H,4-9H2,1-3H3,(H,15,17). The van der Waals surface area contributed by atoms with E-state index < -0.39 is 5.92 Å². The molecule has 2 amide bonds. The van der Waals surface area contributed by atoms with Crippen molar-refractivity contribution in [3.05, 3.63) is 0 Å². The van der Waals surface area contributed by atoms with Gasteiger partial charge in [-0.2, -0.15) is 11.8 Å². The van der Waals surface area contributed by atoms with Gasteiger partial charge in [0.05, 0.1) is 6.04 Å². The third-order valence-electron chi connectivity index (χ3n) is 3.97. The Morgan fingerprint density at radius 1 is 1.42 bits per heavy atom. The van der Waals surface area contributed by atoms with Crippen LogP contribution in [0.15, 0.2) is 0 Å². The molecule has 0 aromatic rings. The average Bonchev–Trinajstić information content (AvgIpc) is 2.61. The SMILES string of the molecule is CCCCC1C(=O)NN(C2CCSC(C)(C)C2)C1=O. The lowest BCUT2D eigenvalue weighted by Gasteiger charge is -2.38. The van der Waals surface area contributed by atoms with E-state index >= 15 is 0 Å². The fourth-order valence-electron chi connectivity index (χ4n) is 2.89. The molecule has 19 heavy (non-hydrogen) atoms. The minimum atomic E-state index is -0.447. The minimum Gasteiger partial charge on any atom is -0.272 e. The summed E-state index contributed by atoms with van der Waals surface area (Å²) in [5.74, 6) is 0.495. The van der Waals surface area contributed by atoms with E-state index in [-0.39, 0.29) is 22.6 Å². The number of thioether (sulfide) groups is 1. The fourth-order valence-corrected chi connectivity index (χ4v) is 4.14. The lowest BCUT2D eigenvalue weighted by molar-refractivity contribution is -0.135. The summed E-state index contributed by atoms with van der Waals surface area (Å²) in [6, 6.07) is 0.166. The smallest absolute Gasteiger partial charge is 0.253 e. The Kier molecular flexibility index (Phi) is 4.43. The number of amides is 2. The number of unbranched alkanes of at least 4 members (excludes halogenated alkanes) is 1. The monoisotopic (exact) mass is 284 g/mol. The maximum Gasteiger partial charge on any atom is 0.253 e. The van der Waals surface area contributed by atoms with Crippen LogP contribution < -0.4 is 5.43 Å². The summed E-state index contributed by atoms with van der Waals surface area (Å²) in [5.41, 5.74) is 2.81. The zero-order chi connectivity index (χ0) is 14.0. The highest BCUT2D eigenvalue weighted by Crippen LogP contribution is 2.38. The second-order valence-corrected chi connectivity index (χ2v) is 7.94. The molecular weight excluding hydrogens is 260 g/mol. The van der Waals surface area contributed by atoms with Crippen molar-refractivity contribution in [1.29, 1.82) is 0 Å². The van der Waals surface area contributed by atoms with Gasteiger partial charge in [-0.15, -0.1) is 0 Å². The topological polar surface area (TPSA) is 49.4 Å². The van der Waals surface area contributed by atoms with Crippen LogP contribution in [-0.2, 0) is 9.59 Å². The van der Waals surface area contributed by atoms with Crippen molar-refractivity contribution >= 4 is 23.6 Å². The molecule has 4 nitrogen and oxygen atoms in total. The predicted molar refractivity (Wildman–Crippen MR) is 77.6 cm³/mol. The highest BCUT2D eigenvalue weighted by atomic mass is 32.2. The summed E-state index contributed by atoms with van der Waals surface area (Å²) < 4.78 is 0.190. The predicted octanol–water partition coefficient (Wildman–Crippen LogP) is 2.34. The Balaban J connectivity index is 2.02. The molecule has 2 unspecified atom stereocenters. The summed E-state index contributed by atoms with van der Waals surface area (Å²) in [6.07, 6.45) is 4.56. The molecule has 2 heterocycles. The first kappa shape index (κ1) is 14.7. The van der Waals surface area contributed by atoms with Crippen LogP contribution in [0.4, 0.5) is 0 Å². The zero-order valence-electron chi connectivity index (χ0n) is 12.1. The lowest BCUT2D eigenvalue weighted by atomic mass is 9.97. The fraction of sp³-hybridized carbons (Fsp3) is 0.857. The largest absolute Gasteiger partial charge is 0.272 e. The van der Waals surface area contributed by atoms with Gasteiger partial charge in [-0.25, -0.2) is 0 Å². The molecule has 0 radical (unpaired) electrons. The molecular formula is C14H24N2O2S. The number of hydrazine groups is 1. The number of rotatable bonds is 4. The highest BCUT2D eigenvalue weighted by molar-refractivity contribution is 8.00. The van der Waals surface area contributed by atoms with Crippen LogP contribution in [0.1, 0.15) is 52.9 Å². The van der Waals surface area contributed by atoms with Gasteiger partial charge in [0, 0.05) is 4.75 Å². The number of nitrogens with zero attached hydrogens (tertiary/aromatic N) is 1. The first-order chi connectivity index (χ1) is 8.94. The maximum absolute atomic E-state index is 12.4. The quantitative estimate of drug-likeness (QED) is 0.806. The Morgan fingerprint density at radius 3 is 2.79 bits per heavy atom. The lowest BCUT2D eigenvalue weighted by Crippen LogP contribution is -2.48. The van der Waals surface area contributed by atoms with E-state index in [1.165, 1.54) is 0 Å².